The van der Waals surface area contributed by atoms with Crippen LogP contribution in [0, 0.1) is 6.92 Å². The summed E-state index contributed by atoms with van der Waals surface area (Å²) < 4.78 is 13.3. The number of fused-ring (bicyclic) bond motifs is 3. The molecule has 9 nitrogen and oxygen atoms in total. The summed E-state index contributed by atoms with van der Waals surface area (Å²) in [4.78, 5) is 34.1. The van der Waals surface area contributed by atoms with Crippen molar-refractivity contribution in [3.05, 3.63) is 39.8 Å². The van der Waals surface area contributed by atoms with E-state index in [9.17, 15) is 9.59 Å². The highest BCUT2D eigenvalue weighted by Gasteiger charge is 2.33. The highest BCUT2D eigenvalue weighted by Crippen LogP contribution is 2.31. The molecule has 1 amide bonds. The average Bonchev–Trinajstić information content (AvgIpc) is 3.39. The zero-order valence-corrected chi connectivity index (χ0v) is 21.9. The molecule has 2 saturated heterocycles. The molecule has 3 fully saturated rings. The summed E-state index contributed by atoms with van der Waals surface area (Å²) in [6.45, 7) is 6.50. The summed E-state index contributed by atoms with van der Waals surface area (Å²) in [7, 11) is 1.82. The van der Waals surface area contributed by atoms with Crippen molar-refractivity contribution in [3.8, 4) is 0 Å². The van der Waals surface area contributed by atoms with Crippen molar-refractivity contribution in [3.63, 3.8) is 0 Å². The molecule has 0 spiro atoms. The molecule has 37 heavy (non-hydrogen) atoms. The number of ether oxygens (including phenoxy) is 2. The fourth-order valence-corrected chi connectivity index (χ4v) is 6.63. The third-order valence-corrected chi connectivity index (χ3v) is 8.72. The Hall–Kier alpha value is -2.75. The maximum absolute atomic E-state index is 13.8. The van der Waals surface area contributed by atoms with Crippen LogP contribution in [0.4, 0.5) is 0 Å². The number of rotatable bonds is 4. The number of methoxy groups -OCH3 is 1. The summed E-state index contributed by atoms with van der Waals surface area (Å²) in [6, 6.07) is 4.54. The van der Waals surface area contributed by atoms with Gasteiger partial charge in [0.15, 0.2) is 0 Å². The Balaban J connectivity index is 1.29. The van der Waals surface area contributed by atoms with E-state index in [4.69, 9.17) is 9.47 Å². The Morgan fingerprint density at radius 2 is 1.81 bits per heavy atom. The van der Waals surface area contributed by atoms with Gasteiger partial charge in [-0.25, -0.2) is 0 Å². The van der Waals surface area contributed by atoms with Gasteiger partial charge in [0, 0.05) is 63.5 Å². The highest BCUT2D eigenvalue weighted by atomic mass is 16.5. The van der Waals surface area contributed by atoms with Crippen molar-refractivity contribution in [1.82, 2.24) is 24.6 Å². The van der Waals surface area contributed by atoms with Gasteiger partial charge in [-0.2, -0.15) is 5.10 Å². The first-order chi connectivity index (χ1) is 18.0. The average molecular weight is 508 g/mol. The number of aromatic amines is 1. The number of carbonyl (C=O) groups excluding carboxylic acids is 1. The smallest absolute Gasteiger partial charge is 0.259 e. The summed E-state index contributed by atoms with van der Waals surface area (Å²) in [6.07, 6.45) is 8.45. The Bertz CT molecular complexity index is 1350. The standard InChI is InChI=1S/C28H37N5O4/c1-18-15-23-21(26-22(27(34)30-23)17-29-33(26)19-7-13-37-14-8-19)16-20(18)28(35)32-11-9-31(10-12-32)24-5-3-4-6-25(24)36-2/h15-17,19,24-25H,3-14H2,1-2H3,(H,30,34)/t24-,25+/m1/s1. The third-order valence-electron chi connectivity index (χ3n) is 8.72. The highest BCUT2D eigenvalue weighted by molar-refractivity contribution is 6.07. The van der Waals surface area contributed by atoms with Crippen LogP contribution < -0.4 is 5.56 Å². The van der Waals surface area contributed by atoms with Gasteiger partial charge in [0.2, 0.25) is 0 Å². The normalized spacial score (nSPS) is 24.2. The van der Waals surface area contributed by atoms with E-state index >= 15 is 0 Å². The van der Waals surface area contributed by atoms with Crippen molar-refractivity contribution < 1.29 is 14.3 Å². The lowest BCUT2D eigenvalue weighted by Crippen LogP contribution is -2.55. The lowest BCUT2D eigenvalue weighted by atomic mass is 9.90. The number of piperazine rings is 1. The van der Waals surface area contributed by atoms with Crippen LogP contribution in [-0.4, -0.2) is 89.1 Å². The zero-order chi connectivity index (χ0) is 25.5. The SMILES string of the molecule is CO[C@H]1CCCC[C@H]1N1CCN(C(=O)c2cc3c(cc2C)[nH]c(=O)c2cnn(C4CCOCC4)c23)CC1. The van der Waals surface area contributed by atoms with E-state index in [2.05, 4.69) is 15.0 Å². The molecule has 9 heteroatoms. The first-order valence-corrected chi connectivity index (χ1v) is 13.7. The molecule has 3 aromatic rings. The van der Waals surface area contributed by atoms with E-state index in [1.54, 1.807) is 6.20 Å². The van der Waals surface area contributed by atoms with Gasteiger partial charge in [-0.3, -0.25) is 19.2 Å². The van der Waals surface area contributed by atoms with E-state index in [0.717, 1.165) is 54.3 Å². The van der Waals surface area contributed by atoms with Crippen LogP contribution in [0.3, 0.4) is 0 Å². The quantitative estimate of drug-likeness (QED) is 0.583. The molecule has 198 valence electrons. The molecule has 2 aliphatic heterocycles. The molecular weight excluding hydrogens is 470 g/mol. The molecular formula is C28H37N5O4. The molecule has 1 aliphatic carbocycles. The van der Waals surface area contributed by atoms with Crippen LogP contribution in [0.1, 0.15) is 60.5 Å². The van der Waals surface area contributed by atoms with Crippen LogP contribution in [0.5, 0.6) is 0 Å². The van der Waals surface area contributed by atoms with E-state index in [1.807, 2.05) is 35.7 Å². The first-order valence-electron chi connectivity index (χ1n) is 13.7. The molecule has 1 saturated carbocycles. The Morgan fingerprint density at radius 3 is 2.57 bits per heavy atom. The van der Waals surface area contributed by atoms with Gasteiger partial charge >= 0.3 is 0 Å². The fourth-order valence-electron chi connectivity index (χ4n) is 6.63. The fraction of sp³-hybridized carbons (Fsp3) is 0.607. The van der Waals surface area contributed by atoms with Crippen molar-refractivity contribution in [1.29, 1.82) is 0 Å². The molecule has 2 atom stereocenters. The minimum atomic E-state index is -0.146. The monoisotopic (exact) mass is 507 g/mol. The second-order valence-corrected chi connectivity index (χ2v) is 10.8. The van der Waals surface area contributed by atoms with E-state index < -0.39 is 0 Å². The van der Waals surface area contributed by atoms with Gasteiger partial charge in [-0.1, -0.05) is 12.8 Å². The van der Waals surface area contributed by atoms with Gasteiger partial charge in [0.25, 0.3) is 11.5 Å². The Morgan fingerprint density at radius 1 is 1.05 bits per heavy atom. The minimum absolute atomic E-state index is 0.0578. The zero-order valence-electron chi connectivity index (χ0n) is 21.9. The van der Waals surface area contributed by atoms with Crippen LogP contribution >= 0.6 is 0 Å². The molecule has 1 aromatic carbocycles. The number of aryl methyl sites for hydroxylation is 1. The lowest BCUT2D eigenvalue weighted by molar-refractivity contribution is -0.0249. The number of pyridine rings is 1. The van der Waals surface area contributed by atoms with Gasteiger partial charge in [-0.15, -0.1) is 0 Å². The Kier molecular flexibility index (Phi) is 6.77. The second kappa shape index (κ2) is 10.2. The van der Waals surface area contributed by atoms with Gasteiger partial charge in [-0.05, 0) is 50.3 Å². The predicted octanol–water partition coefficient (Wildman–Crippen LogP) is 3.25. The van der Waals surface area contributed by atoms with E-state index in [0.29, 0.717) is 49.4 Å². The summed E-state index contributed by atoms with van der Waals surface area (Å²) in [5.74, 6) is 0.0578. The van der Waals surface area contributed by atoms with E-state index in [-0.39, 0.29) is 17.5 Å². The number of H-pyrrole nitrogens is 1. The van der Waals surface area contributed by atoms with Crippen molar-refractivity contribution in [2.24, 2.45) is 0 Å². The topological polar surface area (TPSA) is 92.7 Å². The molecule has 0 radical (unpaired) electrons. The summed E-state index contributed by atoms with van der Waals surface area (Å²) in [5, 5.41) is 6.05. The number of nitrogens with one attached hydrogen (secondary N) is 1. The van der Waals surface area contributed by atoms with Crippen molar-refractivity contribution >= 4 is 27.7 Å². The number of nitrogens with zero attached hydrogens (tertiary/aromatic N) is 4. The lowest BCUT2D eigenvalue weighted by Gasteiger charge is -2.43. The van der Waals surface area contributed by atoms with Crippen LogP contribution in [-0.2, 0) is 9.47 Å². The third kappa shape index (κ3) is 4.47. The molecule has 0 unspecified atom stereocenters. The molecule has 1 N–H and O–H groups in total. The second-order valence-electron chi connectivity index (χ2n) is 10.8. The largest absolute Gasteiger partial charge is 0.381 e. The van der Waals surface area contributed by atoms with Crippen molar-refractivity contribution in [2.45, 2.75) is 63.6 Å². The number of hydrogen-bond acceptors (Lipinski definition) is 6. The molecule has 0 bridgehead atoms. The van der Waals surface area contributed by atoms with Crippen LogP contribution in [0.25, 0.3) is 21.8 Å². The molecule has 4 heterocycles. The number of aromatic nitrogens is 3. The maximum atomic E-state index is 13.8. The van der Waals surface area contributed by atoms with Crippen LogP contribution in [0.2, 0.25) is 0 Å². The maximum Gasteiger partial charge on any atom is 0.259 e. The number of amides is 1. The van der Waals surface area contributed by atoms with Gasteiger partial charge in [0.1, 0.15) is 0 Å². The summed E-state index contributed by atoms with van der Waals surface area (Å²) >= 11 is 0. The van der Waals surface area contributed by atoms with Crippen LogP contribution in [0.15, 0.2) is 23.1 Å². The minimum Gasteiger partial charge on any atom is -0.381 e. The van der Waals surface area contributed by atoms with Crippen molar-refractivity contribution in [2.75, 3.05) is 46.5 Å². The molecule has 3 aliphatic rings. The Labute approximate surface area is 216 Å². The number of carbonyl (C=O) groups is 1. The summed E-state index contributed by atoms with van der Waals surface area (Å²) in [5.41, 5.74) is 2.98. The molecule has 6 rings (SSSR count). The number of benzene rings is 1. The molecule has 2 aromatic heterocycles. The van der Waals surface area contributed by atoms with E-state index in [1.165, 1.54) is 19.3 Å². The van der Waals surface area contributed by atoms with Gasteiger partial charge < -0.3 is 19.4 Å². The predicted molar refractivity (Wildman–Crippen MR) is 142 cm³/mol. The first kappa shape index (κ1) is 24.6. The van der Waals surface area contributed by atoms with Gasteiger partial charge in [0.05, 0.1) is 34.8 Å². The number of hydrogen-bond donors (Lipinski definition) is 1.